The summed E-state index contributed by atoms with van der Waals surface area (Å²) < 4.78 is 11.3. The van der Waals surface area contributed by atoms with Crippen molar-refractivity contribution < 1.29 is 8.83 Å². The van der Waals surface area contributed by atoms with E-state index in [0.717, 1.165) is 22.4 Å². The fourth-order valence-corrected chi connectivity index (χ4v) is 3.52. The molecule has 0 atom stereocenters. The average molecular weight is 398 g/mol. The molecule has 0 aliphatic carbocycles. The van der Waals surface area contributed by atoms with Crippen LogP contribution in [0.1, 0.15) is 16.8 Å². The summed E-state index contributed by atoms with van der Waals surface area (Å²) in [6.07, 6.45) is 1.66. The van der Waals surface area contributed by atoms with Gasteiger partial charge in [0.25, 0.3) is 5.22 Å². The first-order valence-corrected chi connectivity index (χ1v) is 9.69. The quantitative estimate of drug-likeness (QED) is 0.387. The molecule has 4 aromatic rings. The van der Waals surface area contributed by atoms with Crippen LogP contribution in [-0.2, 0) is 5.75 Å². The predicted octanol–water partition coefficient (Wildman–Crippen LogP) is 5.95. The first-order valence-electron chi connectivity index (χ1n) is 8.33. The molecule has 0 N–H and O–H groups in total. The molecular weight excluding hydrogens is 382 g/mol. The fourth-order valence-electron chi connectivity index (χ4n) is 2.69. The van der Waals surface area contributed by atoms with Gasteiger partial charge in [0, 0.05) is 21.9 Å². The van der Waals surface area contributed by atoms with Crippen LogP contribution in [-0.4, -0.2) is 15.2 Å². The molecule has 2 aromatic carbocycles. The van der Waals surface area contributed by atoms with E-state index < -0.39 is 0 Å². The number of oxazole rings is 1. The van der Waals surface area contributed by atoms with Gasteiger partial charge in [0.2, 0.25) is 11.8 Å². The van der Waals surface area contributed by atoms with Gasteiger partial charge in [-0.15, -0.1) is 10.2 Å². The lowest BCUT2D eigenvalue weighted by Gasteiger charge is -2.02. The Morgan fingerprint density at radius 1 is 1.04 bits per heavy atom. The Morgan fingerprint density at radius 3 is 2.74 bits per heavy atom. The summed E-state index contributed by atoms with van der Waals surface area (Å²) in [5, 5.41) is 9.24. The van der Waals surface area contributed by atoms with Crippen LogP contribution in [0, 0.1) is 13.8 Å². The van der Waals surface area contributed by atoms with Gasteiger partial charge in [0.1, 0.15) is 6.26 Å². The van der Waals surface area contributed by atoms with E-state index in [-0.39, 0.29) is 0 Å². The monoisotopic (exact) mass is 397 g/mol. The minimum atomic E-state index is 0.441. The number of rotatable bonds is 5. The molecule has 0 saturated carbocycles. The van der Waals surface area contributed by atoms with Crippen LogP contribution in [0.4, 0.5) is 0 Å². The van der Waals surface area contributed by atoms with Crippen molar-refractivity contribution in [3.63, 3.8) is 0 Å². The van der Waals surface area contributed by atoms with Crippen LogP contribution in [0.25, 0.3) is 22.9 Å². The van der Waals surface area contributed by atoms with Crippen LogP contribution in [0.5, 0.6) is 0 Å². The Balaban J connectivity index is 1.45. The lowest BCUT2D eigenvalue weighted by Crippen LogP contribution is -1.86. The molecule has 0 saturated heterocycles. The smallest absolute Gasteiger partial charge is 0.277 e. The SMILES string of the molecule is Cc1ccc(-c2nc(CSc3nnc(-c4cccc(Cl)c4)o3)co2)c(C)c1. The fraction of sp³-hybridized carbons (Fsp3) is 0.150. The van der Waals surface area contributed by atoms with Gasteiger partial charge >= 0.3 is 0 Å². The Morgan fingerprint density at radius 2 is 1.93 bits per heavy atom. The summed E-state index contributed by atoms with van der Waals surface area (Å²) in [7, 11) is 0. The molecule has 7 heteroatoms. The van der Waals surface area contributed by atoms with Crippen molar-refractivity contribution in [2.24, 2.45) is 0 Å². The normalized spacial score (nSPS) is 11.1. The topological polar surface area (TPSA) is 65.0 Å². The van der Waals surface area contributed by atoms with Crippen LogP contribution >= 0.6 is 23.4 Å². The second kappa shape index (κ2) is 7.58. The highest BCUT2D eigenvalue weighted by molar-refractivity contribution is 7.98. The summed E-state index contributed by atoms with van der Waals surface area (Å²) in [5.41, 5.74) is 4.96. The zero-order valence-electron chi connectivity index (χ0n) is 14.8. The minimum Gasteiger partial charge on any atom is -0.444 e. The van der Waals surface area contributed by atoms with Gasteiger partial charge in [-0.25, -0.2) is 4.98 Å². The Labute approximate surface area is 165 Å². The molecule has 0 aliphatic rings. The van der Waals surface area contributed by atoms with Crippen molar-refractivity contribution in [1.29, 1.82) is 0 Å². The van der Waals surface area contributed by atoms with Gasteiger partial charge in [-0.3, -0.25) is 0 Å². The standard InChI is InChI=1S/C20H16ClN3O2S/c1-12-6-7-17(13(2)8-12)19-22-16(10-25-19)11-27-20-24-23-18(26-20)14-4-3-5-15(21)9-14/h3-10H,11H2,1-2H3. The lowest BCUT2D eigenvalue weighted by atomic mass is 10.1. The van der Waals surface area contributed by atoms with Gasteiger partial charge in [-0.2, -0.15) is 0 Å². The number of hydrogen-bond acceptors (Lipinski definition) is 6. The number of thioether (sulfide) groups is 1. The summed E-state index contributed by atoms with van der Waals surface area (Å²) in [6, 6.07) is 13.5. The maximum Gasteiger partial charge on any atom is 0.277 e. The van der Waals surface area contributed by atoms with Crippen LogP contribution in [0.2, 0.25) is 5.02 Å². The number of aryl methyl sites for hydroxylation is 2. The predicted molar refractivity (Wildman–Crippen MR) is 106 cm³/mol. The lowest BCUT2D eigenvalue weighted by molar-refractivity contribution is 0.466. The Bertz CT molecular complexity index is 1090. The van der Waals surface area contributed by atoms with E-state index in [1.54, 1.807) is 18.4 Å². The number of aromatic nitrogens is 3. The molecule has 0 bridgehead atoms. The molecular formula is C20H16ClN3O2S. The third kappa shape index (κ3) is 4.07. The molecule has 2 heterocycles. The number of halogens is 1. The van der Waals surface area contributed by atoms with Gasteiger partial charge in [0.05, 0.1) is 5.69 Å². The second-order valence-corrected chi connectivity index (χ2v) is 7.50. The first-order chi connectivity index (χ1) is 13.1. The molecule has 27 heavy (non-hydrogen) atoms. The van der Waals surface area contributed by atoms with E-state index in [4.69, 9.17) is 20.4 Å². The van der Waals surface area contributed by atoms with Crippen molar-refractivity contribution >= 4 is 23.4 Å². The van der Waals surface area contributed by atoms with Crippen LogP contribution in [0.3, 0.4) is 0 Å². The zero-order chi connectivity index (χ0) is 18.8. The molecule has 0 radical (unpaired) electrons. The van der Waals surface area contributed by atoms with Crippen molar-refractivity contribution in [3.8, 4) is 22.9 Å². The number of hydrogen-bond donors (Lipinski definition) is 0. The molecule has 0 unspecified atom stereocenters. The Kier molecular flexibility index (Phi) is 5.01. The molecule has 5 nitrogen and oxygen atoms in total. The average Bonchev–Trinajstić information content (AvgIpc) is 3.29. The van der Waals surface area contributed by atoms with Crippen molar-refractivity contribution in [3.05, 3.63) is 70.6 Å². The van der Waals surface area contributed by atoms with E-state index in [1.165, 1.54) is 17.3 Å². The van der Waals surface area contributed by atoms with Gasteiger partial charge in [-0.1, -0.05) is 47.1 Å². The molecule has 0 fully saturated rings. The Hall–Kier alpha value is -2.57. The molecule has 0 aliphatic heterocycles. The van der Waals surface area contributed by atoms with E-state index in [1.807, 2.05) is 18.2 Å². The maximum absolute atomic E-state index is 6.00. The largest absolute Gasteiger partial charge is 0.444 e. The highest BCUT2D eigenvalue weighted by Gasteiger charge is 2.13. The van der Waals surface area contributed by atoms with Gasteiger partial charge in [-0.05, 0) is 43.7 Å². The van der Waals surface area contributed by atoms with Crippen LogP contribution < -0.4 is 0 Å². The van der Waals surface area contributed by atoms with Crippen molar-refractivity contribution in [2.75, 3.05) is 0 Å². The first kappa shape index (κ1) is 17.8. The highest BCUT2D eigenvalue weighted by Crippen LogP contribution is 2.28. The summed E-state index contributed by atoms with van der Waals surface area (Å²) in [5.74, 6) is 1.63. The molecule has 2 aromatic heterocycles. The third-order valence-electron chi connectivity index (χ3n) is 3.99. The van der Waals surface area contributed by atoms with E-state index in [9.17, 15) is 0 Å². The number of nitrogens with zero attached hydrogens (tertiary/aromatic N) is 3. The molecule has 0 spiro atoms. The summed E-state index contributed by atoms with van der Waals surface area (Å²) in [6.45, 7) is 4.12. The maximum atomic E-state index is 6.00. The molecule has 136 valence electrons. The summed E-state index contributed by atoms with van der Waals surface area (Å²) in [4.78, 5) is 4.57. The van der Waals surface area contributed by atoms with Gasteiger partial charge < -0.3 is 8.83 Å². The van der Waals surface area contributed by atoms with Gasteiger partial charge in [0.15, 0.2) is 0 Å². The number of benzene rings is 2. The van der Waals surface area contributed by atoms with Crippen molar-refractivity contribution in [2.45, 2.75) is 24.8 Å². The van der Waals surface area contributed by atoms with Crippen molar-refractivity contribution in [1.82, 2.24) is 15.2 Å². The van der Waals surface area contributed by atoms with Crippen LogP contribution in [0.15, 0.2) is 62.8 Å². The molecule has 0 amide bonds. The molecule has 4 rings (SSSR count). The highest BCUT2D eigenvalue weighted by atomic mass is 35.5. The van der Waals surface area contributed by atoms with E-state index in [0.29, 0.717) is 27.8 Å². The minimum absolute atomic E-state index is 0.441. The van der Waals surface area contributed by atoms with E-state index >= 15 is 0 Å². The second-order valence-electron chi connectivity index (χ2n) is 6.13. The third-order valence-corrected chi connectivity index (χ3v) is 5.07. The van der Waals surface area contributed by atoms with E-state index in [2.05, 4.69) is 41.2 Å². The summed E-state index contributed by atoms with van der Waals surface area (Å²) >= 11 is 7.41. The zero-order valence-corrected chi connectivity index (χ0v) is 16.3.